The second kappa shape index (κ2) is 6.14. The summed E-state index contributed by atoms with van der Waals surface area (Å²) in [6.45, 7) is 1.89. The quantitative estimate of drug-likeness (QED) is 0.756. The van der Waals surface area contributed by atoms with Gasteiger partial charge in [-0.05, 0) is 30.5 Å². The molecule has 15 heavy (non-hydrogen) atoms. The maximum Gasteiger partial charge on any atom is 0.132 e. The molecule has 0 saturated carbocycles. The van der Waals surface area contributed by atoms with Crippen molar-refractivity contribution in [2.45, 2.75) is 32.6 Å². The van der Waals surface area contributed by atoms with Gasteiger partial charge in [-0.1, -0.05) is 36.2 Å². The van der Waals surface area contributed by atoms with Crippen molar-refractivity contribution >= 4 is 29.0 Å². The van der Waals surface area contributed by atoms with E-state index in [1.54, 1.807) is 6.07 Å². The van der Waals surface area contributed by atoms with Gasteiger partial charge in [0.2, 0.25) is 0 Å². The maximum absolute atomic E-state index is 11.1. The number of Topliss-reactive ketones (excluding diaryl/α,β-unsaturated/α-hetero) is 1. The first kappa shape index (κ1) is 12.5. The van der Waals surface area contributed by atoms with E-state index in [1.807, 2.05) is 19.1 Å². The van der Waals surface area contributed by atoms with Crippen LogP contribution in [0.1, 0.15) is 31.7 Å². The van der Waals surface area contributed by atoms with Gasteiger partial charge >= 0.3 is 0 Å². The lowest BCUT2D eigenvalue weighted by atomic mass is 10.1. The summed E-state index contributed by atoms with van der Waals surface area (Å²) in [6, 6.07) is 5.60. The van der Waals surface area contributed by atoms with E-state index in [1.165, 1.54) is 0 Å². The number of aryl methyl sites for hydroxylation is 1. The normalized spacial score (nSPS) is 10.3. The number of ketones is 1. The van der Waals surface area contributed by atoms with Crippen LogP contribution in [-0.4, -0.2) is 5.78 Å². The molecular formula is C12H14Cl2O. The minimum Gasteiger partial charge on any atom is -0.300 e. The fourth-order valence-electron chi connectivity index (χ4n) is 1.36. The molecule has 0 bridgehead atoms. The van der Waals surface area contributed by atoms with Crippen molar-refractivity contribution in [2.75, 3.05) is 0 Å². The molecule has 1 aromatic carbocycles. The molecule has 0 N–H and O–H groups in total. The Morgan fingerprint density at radius 3 is 2.60 bits per heavy atom. The Morgan fingerprint density at radius 1 is 1.27 bits per heavy atom. The van der Waals surface area contributed by atoms with Crippen LogP contribution >= 0.6 is 23.2 Å². The van der Waals surface area contributed by atoms with Crippen molar-refractivity contribution in [1.29, 1.82) is 0 Å². The van der Waals surface area contributed by atoms with E-state index in [0.29, 0.717) is 28.7 Å². The van der Waals surface area contributed by atoms with E-state index in [9.17, 15) is 4.79 Å². The molecule has 1 aromatic rings. The van der Waals surface area contributed by atoms with Gasteiger partial charge in [-0.2, -0.15) is 0 Å². The Hall–Kier alpha value is -0.530. The van der Waals surface area contributed by atoms with Crippen LogP contribution in [0.5, 0.6) is 0 Å². The van der Waals surface area contributed by atoms with Gasteiger partial charge in [-0.25, -0.2) is 0 Å². The fraction of sp³-hybridized carbons (Fsp3) is 0.417. The number of benzene rings is 1. The third-order valence-electron chi connectivity index (χ3n) is 2.30. The molecule has 0 atom stereocenters. The van der Waals surface area contributed by atoms with Crippen molar-refractivity contribution in [2.24, 2.45) is 0 Å². The zero-order valence-electron chi connectivity index (χ0n) is 8.72. The summed E-state index contributed by atoms with van der Waals surface area (Å²) in [7, 11) is 0. The van der Waals surface area contributed by atoms with E-state index in [0.717, 1.165) is 18.4 Å². The minimum atomic E-state index is 0.315. The summed E-state index contributed by atoms with van der Waals surface area (Å²) < 4.78 is 0. The average Bonchev–Trinajstić information content (AvgIpc) is 2.23. The molecule has 3 heteroatoms. The number of hydrogen-bond donors (Lipinski definition) is 0. The van der Waals surface area contributed by atoms with Crippen LogP contribution in [0.15, 0.2) is 18.2 Å². The second-order valence-corrected chi connectivity index (χ2v) is 4.31. The van der Waals surface area contributed by atoms with Crippen LogP contribution in [0, 0.1) is 0 Å². The summed E-state index contributed by atoms with van der Waals surface area (Å²) in [5, 5.41) is 1.15. The van der Waals surface area contributed by atoms with Crippen LogP contribution in [-0.2, 0) is 11.2 Å². The first-order chi connectivity index (χ1) is 7.13. The Balaban J connectivity index is 2.44. The van der Waals surface area contributed by atoms with Crippen LogP contribution in [0.4, 0.5) is 0 Å². The van der Waals surface area contributed by atoms with Gasteiger partial charge in [0.05, 0.1) is 10.0 Å². The highest BCUT2D eigenvalue weighted by Gasteiger charge is 2.01. The number of halogens is 2. The molecule has 0 amide bonds. The van der Waals surface area contributed by atoms with Crippen molar-refractivity contribution in [3.63, 3.8) is 0 Å². The highest BCUT2D eigenvalue weighted by Crippen LogP contribution is 2.23. The van der Waals surface area contributed by atoms with Crippen LogP contribution in [0.2, 0.25) is 10.0 Å². The summed E-state index contributed by atoms with van der Waals surface area (Å²) >= 11 is 11.7. The van der Waals surface area contributed by atoms with Crippen molar-refractivity contribution in [1.82, 2.24) is 0 Å². The molecule has 0 saturated heterocycles. The molecule has 1 rings (SSSR count). The summed E-state index contributed by atoms with van der Waals surface area (Å²) in [5.41, 5.74) is 1.13. The van der Waals surface area contributed by atoms with E-state index in [-0.39, 0.29) is 0 Å². The molecule has 0 aliphatic rings. The average molecular weight is 245 g/mol. The van der Waals surface area contributed by atoms with Gasteiger partial charge in [0.25, 0.3) is 0 Å². The highest BCUT2D eigenvalue weighted by molar-refractivity contribution is 6.42. The van der Waals surface area contributed by atoms with Crippen molar-refractivity contribution < 1.29 is 4.79 Å². The smallest absolute Gasteiger partial charge is 0.132 e. The summed E-state index contributed by atoms with van der Waals surface area (Å²) in [6.07, 6.45) is 3.03. The predicted octanol–water partition coefficient (Wildman–Crippen LogP) is 4.30. The first-order valence-electron chi connectivity index (χ1n) is 5.09. The zero-order chi connectivity index (χ0) is 11.3. The molecule has 82 valence electrons. The third kappa shape index (κ3) is 4.23. The molecule has 0 fully saturated rings. The first-order valence-corrected chi connectivity index (χ1v) is 5.84. The number of rotatable bonds is 5. The molecule has 0 unspecified atom stereocenters. The molecule has 0 spiro atoms. The molecule has 0 heterocycles. The zero-order valence-corrected chi connectivity index (χ0v) is 10.2. The topological polar surface area (TPSA) is 17.1 Å². The van der Waals surface area contributed by atoms with Crippen molar-refractivity contribution in [3.8, 4) is 0 Å². The van der Waals surface area contributed by atoms with Crippen LogP contribution in [0.3, 0.4) is 0 Å². The molecular weight excluding hydrogens is 231 g/mol. The fourth-order valence-corrected chi connectivity index (χ4v) is 1.68. The lowest BCUT2D eigenvalue weighted by molar-refractivity contribution is -0.118. The van der Waals surface area contributed by atoms with Gasteiger partial charge in [0.15, 0.2) is 0 Å². The van der Waals surface area contributed by atoms with Crippen LogP contribution in [0.25, 0.3) is 0 Å². The summed E-state index contributed by atoms with van der Waals surface area (Å²) in [4.78, 5) is 11.1. The third-order valence-corrected chi connectivity index (χ3v) is 3.04. The SMILES string of the molecule is CCC(=O)CCCc1ccc(Cl)c(Cl)c1. The van der Waals surface area contributed by atoms with E-state index < -0.39 is 0 Å². The van der Waals surface area contributed by atoms with Gasteiger partial charge in [0.1, 0.15) is 5.78 Å². The lowest BCUT2D eigenvalue weighted by Gasteiger charge is -2.02. The molecule has 0 radical (unpaired) electrons. The molecule has 0 aliphatic carbocycles. The Labute approximate surface area is 100 Å². The summed E-state index contributed by atoms with van der Waals surface area (Å²) in [5.74, 6) is 0.315. The lowest BCUT2D eigenvalue weighted by Crippen LogP contribution is -1.96. The molecule has 0 aliphatic heterocycles. The molecule has 0 aromatic heterocycles. The number of carbonyl (C=O) groups excluding carboxylic acids is 1. The number of carbonyl (C=O) groups is 1. The van der Waals surface area contributed by atoms with E-state index >= 15 is 0 Å². The van der Waals surface area contributed by atoms with Gasteiger partial charge in [-0.15, -0.1) is 0 Å². The van der Waals surface area contributed by atoms with Gasteiger partial charge in [-0.3, -0.25) is 4.79 Å². The van der Waals surface area contributed by atoms with Gasteiger partial charge in [0, 0.05) is 12.8 Å². The Morgan fingerprint density at radius 2 is 2.00 bits per heavy atom. The van der Waals surface area contributed by atoms with Crippen molar-refractivity contribution in [3.05, 3.63) is 33.8 Å². The molecule has 1 nitrogen and oxygen atoms in total. The standard InChI is InChI=1S/C12H14Cl2O/c1-2-10(15)5-3-4-9-6-7-11(13)12(14)8-9/h6-8H,2-5H2,1H3. The van der Waals surface area contributed by atoms with E-state index in [4.69, 9.17) is 23.2 Å². The van der Waals surface area contributed by atoms with Gasteiger partial charge < -0.3 is 0 Å². The number of hydrogen-bond acceptors (Lipinski definition) is 1. The second-order valence-electron chi connectivity index (χ2n) is 3.49. The Kier molecular flexibility index (Phi) is 5.13. The largest absolute Gasteiger partial charge is 0.300 e. The minimum absolute atomic E-state index is 0.315. The monoisotopic (exact) mass is 244 g/mol. The van der Waals surface area contributed by atoms with E-state index in [2.05, 4.69) is 0 Å². The highest BCUT2D eigenvalue weighted by atomic mass is 35.5. The predicted molar refractivity (Wildman–Crippen MR) is 64.7 cm³/mol. The Bertz CT molecular complexity index is 347. The van der Waals surface area contributed by atoms with Crippen LogP contribution < -0.4 is 0 Å². The maximum atomic E-state index is 11.1.